The molecule has 0 amide bonds. The van der Waals surface area contributed by atoms with Crippen LogP contribution in [0.2, 0.25) is 13.1 Å². The standard InChI is InChI=1S/C50H43NOS2Si/c1-49(2)35-17-7-9-23-41(35)52-46-34(16-13-19-37(46)49)32-28-30-33(31-29-32)51(39-21-14-20-38-47(39)53-42-24-10-8-18-36(42)50(38,3)4)40-22-15-27-45-48(40)54-43-25-11-12-26-44(43)55(45,5)6/h7-31H,1-6H3. The molecular weight excluding hydrogens is 723 g/mol. The van der Waals surface area contributed by atoms with E-state index in [1.807, 2.05) is 23.5 Å². The van der Waals surface area contributed by atoms with Gasteiger partial charge in [0.25, 0.3) is 0 Å². The maximum absolute atomic E-state index is 6.72. The predicted molar refractivity (Wildman–Crippen MR) is 235 cm³/mol. The van der Waals surface area contributed by atoms with Crippen LogP contribution in [-0.2, 0) is 10.8 Å². The molecule has 0 unspecified atom stereocenters. The zero-order valence-electron chi connectivity index (χ0n) is 32.1. The lowest BCUT2D eigenvalue weighted by Gasteiger charge is -2.39. The van der Waals surface area contributed by atoms with E-state index >= 15 is 0 Å². The maximum Gasteiger partial charge on any atom is 0.139 e. The van der Waals surface area contributed by atoms with Crippen molar-refractivity contribution in [3.63, 3.8) is 0 Å². The fraction of sp³-hybridized carbons (Fsp3) is 0.160. The van der Waals surface area contributed by atoms with Crippen molar-refractivity contribution in [1.82, 2.24) is 0 Å². The van der Waals surface area contributed by atoms with Gasteiger partial charge in [0.05, 0.1) is 11.4 Å². The van der Waals surface area contributed by atoms with Gasteiger partial charge < -0.3 is 9.64 Å². The Kier molecular flexibility index (Phi) is 7.87. The second-order valence-corrected chi connectivity index (χ2v) is 23.0. The first-order chi connectivity index (χ1) is 26.5. The molecule has 0 radical (unpaired) electrons. The third-order valence-electron chi connectivity index (χ3n) is 12.3. The lowest BCUT2D eigenvalue weighted by molar-refractivity contribution is 0.419. The van der Waals surface area contributed by atoms with Gasteiger partial charge in [-0.2, -0.15) is 0 Å². The summed E-state index contributed by atoms with van der Waals surface area (Å²) in [5, 5.41) is 3.01. The number of rotatable bonds is 4. The molecule has 0 saturated heterocycles. The van der Waals surface area contributed by atoms with Crippen molar-refractivity contribution in [3.05, 3.63) is 174 Å². The molecule has 270 valence electrons. The lowest BCUT2D eigenvalue weighted by atomic mass is 9.75. The Morgan fingerprint density at radius 1 is 0.491 bits per heavy atom. The molecule has 7 aromatic carbocycles. The number of hydrogen-bond acceptors (Lipinski definition) is 4. The summed E-state index contributed by atoms with van der Waals surface area (Å²) in [6.07, 6.45) is 0. The Morgan fingerprint density at radius 2 is 1.05 bits per heavy atom. The summed E-state index contributed by atoms with van der Waals surface area (Å²) in [6.45, 7) is 14.4. The molecule has 2 nitrogen and oxygen atoms in total. The van der Waals surface area contributed by atoms with Crippen LogP contribution < -0.4 is 20.0 Å². The van der Waals surface area contributed by atoms with Crippen LogP contribution in [0.25, 0.3) is 11.1 Å². The fourth-order valence-electron chi connectivity index (χ4n) is 9.15. The third-order valence-corrected chi connectivity index (χ3v) is 18.6. The van der Waals surface area contributed by atoms with E-state index in [0.29, 0.717) is 0 Å². The second-order valence-electron chi connectivity index (χ2n) is 16.5. The topological polar surface area (TPSA) is 12.5 Å². The summed E-state index contributed by atoms with van der Waals surface area (Å²) in [5.74, 6) is 1.88. The minimum atomic E-state index is -1.98. The summed E-state index contributed by atoms with van der Waals surface area (Å²) in [5.41, 5.74) is 10.7. The van der Waals surface area contributed by atoms with E-state index in [1.54, 1.807) is 0 Å². The van der Waals surface area contributed by atoms with Crippen molar-refractivity contribution >= 4 is 59.0 Å². The number of nitrogens with zero attached hydrogens (tertiary/aromatic N) is 1. The molecule has 0 spiro atoms. The molecular formula is C50H43NOS2Si. The van der Waals surface area contributed by atoms with Crippen LogP contribution in [0.4, 0.5) is 17.1 Å². The first-order valence-electron chi connectivity index (χ1n) is 19.2. The first-order valence-corrected chi connectivity index (χ1v) is 23.8. The Labute approximate surface area is 334 Å². The molecule has 3 aliphatic rings. The average molecular weight is 766 g/mol. The summed E-state index contributed by atoms with van der Waals surface area (Å²) in [7, 11) is -1.98. The number of fused-ring (bicyclic) bond motifs is 6. The van der Waals surface area contributed by atoms with Gasteiger partial charge in [0, 0.05) is 52.8 Å². The van der Waals surface area contributed by atoms with Gasteiger partial charge in [-0.25, -0.2) is 0 Å². The fourth-order valence-corrected chi connectivity index (χ4v) is 16.2. The quantitative estimate of drug-likeness (QED) is 0.165. The molecule has 5 heteroatoms. The largest absolute Gasteiger partial charge is 0.456 e. The molecule has 0 bridgehead atoms. The van der Waals surface area contributed by atoms with E-state index in [-0.39, 0.29) is 10.8 Å². The van der Waals surface area contributed by atoms with Gasteiger partial charge in [0.2, 0.25) is 0 Å². The van der Waals surface area contributed by atoms with E-state index in [1.165, 1.54) is 63.6 Å². The molecule has 3 aliphatic heterocycles. The molecule has 7 aromatic rings. The minimum Gasteiger partial charge on any atom is -0.456 e. The third kappa shape index (κ3) is 5.23. The monoisotopic (exact) mass is 765 g/mol. The molecule has 0 aliphatic carbocycles. The zero-order valence-corrected chi connectivity index (χ0v) is 34.7. The SMILES string of the molecule is CC1(C)c2ccccc2Oc2c(-c3ccc(N(c4cccc5c4Sc4ccccc4C5(C)C)c4cccc5c4Sc4ccccc4[Si]5(C)C)cc3)cccc21. The Morgan fingerprint density at radius 3 is 1.85 bits per heavy atom. The Hall–Kier alpha value is -4.94. The van der Waals surface area contributed by atoms with Crippen LogP contribution in [0.3, 0.4) is 0 Å². The molecule has 0 fully saturated rings. The summed E-state index contributed by atoms with van der Waals surface area (Å²) in [6, 6.07) is 56.2. The van der Waals surface area contributed by atoms with E-state index in [9.17, 15) is 0 Å². The van der Waals surface area contributed by atoms with E-state index in [2.05, 4.69) is 197 Å². The van der Waals surface area contributed by atoms with Crippen molar-refractivity contribution in [3.8, 4) is 22.6 Å². The van der Waals surface area contributed by atoms with Crippen LogP contribution in [0.5, 0.6) is 11.5 Å². The van der Waals surface area contributed by atoms with E-state index in [4.69, 9.17) is 4.74 Å². The van der Waals surface area contributed by atoms with E-state index < -0.39 is 8.07 Å². The molecule has 10 rings (SSSR count). The predicted octanol–water partition coefficient (Wildman–Crippen LogP) is 13.3. The zero-order chi connectivity index (χ0) is 37.7. The first kappa shape index (κ1) is 34.5. The lowest BCUT2D eigenvalue weighted by Crippen LogP contribution is -2.56. The minimum absolute atomic E-state index is 0.139. The highest BCUT2D eigenvalue weighted by Gasteiger charge is 2.40. The number of benzene rings is 7. The Balaban J connectivity index is 1.15. The number of hydrogen-bond donors (Lipinski definition) is 0. The van der Waals surface area contributed by atoms with Gasteiger partial charge in [0.1, 0.15) is 19.6 Å². The van der Waals surface area contributed by atoms with Crippen molar-refractivity contribution in [2.24, 2.45) is 0 Å². The highest BCUT2D eigenvalue weighted by atomic mass is 32.2. The van der Waals surface area contributed by atoms with Gasteiger partial charge in [0.15, 0.2) is 0 Å². The highest BCUT2D eigenvalue weighted by Crippen LogP contribution is 2.56. The van der Waals surface area contributed by atoms with Crippen LogP contribution in [0.1, 0.15) is 49.9 Å². The summed E-state index contributed by atoms with van der Waals surface area (Å²) < 4.78 is 6.72. The molecule has 55 heavy (non-hydrogen) atoms. The van der Waals surface area contributed by atoms with Gasteiger partial charge in [-0.05, 0) is 69.5 Å². The summed E-state index contributed by atoms with van der Waals surface area (Å²) in [4.78, 5) is 7.93. The van der Waals surface area contributed by atoms with Crippen LogP contribution in [0.15, 0.2) is 171 Å². The van der Waals surface area contributed by atoms with Crippen molar-refractivity contribution in [1.29, 1.82) is 0 Å². The van der Waals surface area contributed by atoms with Crippen molar-refractivity contribution < 1.29 is 4.74 Å². The van der Waals surface area contributed by atoms with Crippen LogP contribution >= 0.6 is 23.5 Å². The summed E-state index contributed by atoms with van der Waals surface area (Å²) >= 11 is 3.84. The van der Waals surface area contributed by atoms with Crippen molar-refractivity contribution in [2.75, 3.05) is 4.90 Å². The van der Waals surface area contributed by atoms with Crippen LogP contribution in [-0.4, -0.2) is 8.07 Å². The molecule has 0 atom stereocenters. The highest BCUT2D eigenvalue weighted by molar-refractivity contribution is 8.00. The average Bonchev–Trinajstić information content (AvgIpc) is 3.19. The van der Waals surface area contributed by atoms with Crippen LogP contribution in [0, 0.1) is 0 Å². The van der Waals surface area contributed by atoms with Gasteiger partial charge in [-0.3, -0.25) is 0 Å². The molecule has 3 heterocycles. The second kappa shape index (κ2) is 12.5. The molecule has 0 saturated carbocycles. The number of para-hydroxylation sites is 2. The smallest absolute Gasteiger partial charge is 0.139 e. The molecule has 0 N–H and O–H groups in total. The molecule has 0 aromatic heterocycles. The van der Waals surface area contributed by atoms with E-state index in [0.717, 1.165) is 28.3 Å². The van der Waals surface area contributed by atoms with Gasteiger partial charge in [-0.15, -0.1) is 0 Å². The number of ether oxygens (including phenoxy) is 1. The Bertz CT molecular complexity index is 2570. The number of anilines is 3. The normalized spacial score (nSPS) is 16.3. The van der Waals surface area contributed by atoms with Gasteiger partial charge >= 0.3 is 0 Å². The van der Waals surface area contributed by atoms with Crippen molar-refractivity contribution in [2.45, 2.75) is 71.2 Å². The van der Waals surface area contributed by atoms with Gasteiger partial charge in [-0.1, -0.05) is 174 Å². The maximum atomic E-state index is 6.72.